The topological polar surface area (TPSA) is 46.5 Å². The van der Waals surface area contributed by atoms with Gasteiger partial charge in [-0.1, -0.05) is 13.8 Å². The minimum Gasteiger partial charge on any atom is -0.299 e. The van der Waals surface area contributed by atoms with Crippen LogP contribution in [0, 0.1) is 11.7 Å². The number of hydrogen-bond donors (Lipinski definition) is 1. The second kappa shape index (κ2) is 4.79. The Bertz CT molecular complexity index is 568. The quantitative estimate of drug-likeness (QED) is 0.850. The van der Waals surface area contributed by atoms with Gasteiger partial charge in [0.15, 0.2) is 4.77 Å². The standard InChI is InChI=1S/C12H16N4S/c1-8(2)11-14-15-12(17)16(11)7-10-6-13-5-4-9(10)3/h4-6,8H,7H2,1-3H3,(H,15,17). The Kier molecular flexibility index (Phi) is 3.38. The summed E-state index contributed by atoms with van der Waals surface area (Å²) in [7, 11) is 0. The Morgan fingerprint density at radius 3 is 2.88 bits per heavy atom. The molecular weight excluding hydrogens is 232 g/mol. The van der Waals surface area contributed by atoms with Crippen LogP contribution >= 0.6 is 12.2 Å². The molecule has 0 aliphatic rings. The van der Waals surface area contributed by atoms with Crippen LogP contribution in [0.5, 0.6) is 0 Å². The number of pyridine rings is 1. The third kappa shape index (κ3) is 2.44. The van der Waals surface area contributed by atoms with Crippen LogP contribution in [0.4, 0.5) is 0 Å². The first-order valence-corrected chi connectivity index (χ1v) is 6.05. The number of nitrogens with one attached hydrogen (secondary N) is 1. The van der Waals surface area contributed by atoms with Crippen LogP contribution in [0.2, 0.25) is 0 Å². The number of hydrogen-bond acceptors (Lipinski definition) is 3. The van der Waals surface area contributed by atoms with Crippen LogP contribution in [0.3, 0.4) is 0 Å². The molecule has 90 valence electrons. The van der Waals surface area contributed by atoms with Crippen molar-refractivity contribution < 1.29 is 0 Å². The summed E-state index contributed by atoms with van der Waals surface area (Å²) in [5.74, 6) is 1.33. The number of aromatic amines is 1. The molecule has 17 heavy (non-hydrogen) atoms. The van der Waals surface area contributed by atoms with E-state index in [-0.39, 0.29) is 0 Å². The zero-order chi connectivity index (χ0) is 12.4. The predicted octanol–water partition coefficient (Wildman–Crippen LogP) is 2.82. The third-order valence-corrected chi connectivity index (χ3v) is 3.09. The van der Waals surface area contributed by atoms with Crippen LogP contribution in [0.15, 0.2) is 18.5 Å². The van der Waals surface area contributed by atoms with E-state index in [1.165, 1.54) is 11.1 Å². The van der Waals surface area contributed by atoms with Gasteiger partial charge in [0.25, 0.3) is 0 Å². The Morgan fingerprint density at radius 2 is 2.24 bits per heavy atom. The Labute approximate surface area is 106 Å². The second-order valence-electron chi connectivity index (χ2n) is 4.43. The maximum absolute atomic E-state index is 5.26. The average molecular weight is 248 g/mol. The molecular formula is C12H16N4S. The summed E-state index contributed by atoms with van der Waals surface area (Å²) >= 11 is 5.26. The van der Waals surface area contributed by atoms with Gasteiger partial charge < -0.3 is 0 Å². The molecule has 0 amide bonds. The Balaban J connectivity index is 2.40. The molecule has 0 unspecified atom stereocenters. The predicted molar refractivity (Wildman–Crippen MR) is 69.6 cm³/mol. The van der Waals surface area contributed by atoms with E-state index >= 15 is 0 Å². The van der Waals surface area contributed by atoms with Crippen molar-refractivity contribution in [1.29, 1.82) is 0 Å². The molecule has 2 heterocycles. The molecule has 0 atom stereocenters. The first kappa shape index (κ1) is 12.0. The number of aromatic nitrogens is 4. The zero-order valence-electron chi connectivity index (χ0n) is 10.3. The monoisotopic (exact) mass is 248 g/mol. The fraction of sp³-hybridized carbons (Fsp3) is 0.417. The van der Waals surface area contributed by atoms with Gasteiger partial charge in [-0.05, 0) is 36.3 Å². The maximum Gasteiger partial charge on any atom is 0.195 e. The molecule has 0 fully saturated rings. The summed E-state index contributed by atoms with van der Waals surface area (Å²) in [6.07, 6.45) is 3.69. The maximum atomic E-state index is 5.26. The Morgan fingerprint density at radius 1 is 1.47 bits per heavy atom. The summed E-state index contributed by atoms with van der Waals surface area (Å²) in [6, 6.07) is 2.01. The van der Waals surface area contributed by atoms with Gasteiger partial charge in [-0.2, -0.15) is 5.10 Å². The van der Waals surface area contributed by atoms with Crippen molar-refractivity contribution in [3.05, 3.63) is 40.2 Å². The van der Waals surface area contributed by atoms with Crippen LogP contribution in [0.1, 0.15) is 36.7 Å². The first-order chi connectivity index (χ1) is 8.09. The normalized spacial score (nSPS) is 11.1. The molecule has 4 nitrogen and oxygen atoms in total. The molecule has 0 bridgehead atoms. The van der Waals surface area contributed by atoms with E-state index in [9.17, 15) is 0 Å². The summed E-state index contributed by atoms with van der Waals surface area (Å²) in [5.41, 5.74) is 2.39. The SMILES string of the molecule is Cc1ccncc1Cn1c(C(C)C)n[nH]c1=S. The van der Waals surface area contributed by atoms with Crippen LogP contribution in [-0.2, 0) is 6.54 Å². The highest BCUT2D eigenvalue weighted by Gasteiger charge is 2.11. The molecule has 2 aromatic rings. The second-order valence-corrected chi connectivity index (χ2v) is 4.82. The van der Waals surface area contributed by atoms with E-state index in [4.69, 9.17) is 12.2 Å². The summed E-state index contributed by atoms with van der Waals surface area (Å²) in [5, 5.41) is 7.12. The lowest BCUT2D eigenvalue weighted by molar-refractivity contribution is 0.661. The molecule has 0 aliphatic heterocycles. The molecule has 0 aliphatic carbocycles. The summed E-state index contributed by atoms with van der Waals surface area (Å²) in [4.78, 5) is 4.15. The van der Waals surface area contributed by atoms with Gasteiger partial charge in [0.1, 0.15) is 5.82 Å². The molecule has 5 heteroatoms. The molecule has 1 N–H and O–H groups in total. The number of H-pyrrole nitrogens is 1. The van der Waals surface area contributed by atoms with E-state index in [2.05, 4.69) is 36.0 Å². The highest BCUT2D eigenvalue weighted by molar-refractivity contribution is 7.71. The fourth-order valence-electron chi connectivity index (χ4n) is 1.76. The first-order valence-electron chi connectivity index (χ1n) is 5.64. The number of nitrogens with zero attached hydrogens (tertiary/aromatic N) is 3. The number of rotatable bonds is 3. The third-order valence-electron chi connectivity index (χ3n) is 2.78. The van der Waals surface area contributed by atoms with Crippen molar-refractivity contribution >= 4 is 12.2 Å². The minimum absolute atomic E-state index is 0.347. The van der Waals surface area contributed by atoms with Crippen molar-refractivity contribution in [3.8, 4) is 0 Å². The van der Waals surface area contributed by atoms with Gasteiger partial charge in [0.05, 0.1) is 6.54 Å². The highest BCUT2D eigenvalue weighted by Crippen LogP contribution is 2.15. The molecule has 0 saturated carbocycles. The van der Waals surface area contributed by atoms with Crippen LogP contribution in [-0.4, -0.2) is 19.7 Å². The average Bonchev–Trinajstić information content (AvgIpc) is 2.64. The van der Waals surface area contributed by atoms with Crippen molar-refractivity contribution in [2.75, 3.05) is 0 Å². The van der Waals surface area contributed by atoms with Crippen molar-refractivity contribution in [2.24, 2.45) is 0 Å². The van der Waals surface area contributed by atoms with Crippen LogP contribution < -0.4 is 0 Å². The summed E-state index contributed by atoms with van der Waals surface area (Å²) in [6.45, 7) is 7.02. The van der Waals surface area contributed by atoms with Crippen molar-refractivity contribution in [2.45, 2.75) is 33.2 Å². The molecule has 0 aromatic carbocycles. The number of aryl methyl sites for hydroxylation is 1. The van der Waals surface area contributed by atoms with E-state index < -0.39 is 0 Å². The van der Waals surface area contributed by atoms with Gasteiger partial charge in [-0.25, -0.2) is 0 Å². The lowest BCUT2D eigenvalue weighted by atomic mass is 10.1. The van der Waals surface area contributed by atoms with Crippen molar-refractivity contribution in [3.63, 3.8) is 0 Å². The van der Waals surface area contributed by atoms with E-state index in [1.807, 2.05) is 16.8 Å². The van der Waals surface area contributed by atoms with Crippen molar-refractivity contribution in [1.82, 2.24) is 19.7 Å². The van der Waals surface area contributed by atoms with Gasteiger partial charge in [-0.15, -0.1) is 0 Å². The molecule has 0 saturated heterocycles. The lowest BCUT2D eigenvalue weighted by Crippen LogP contribution is -2.08. The summed E-state index contributed by atoms with van der Waals surface area (Å²) < 4.78 is 2.70. The fourth-order valence-corrected chi connectivity index (χ4v) is 1.96. The van der Waals surface area contributed by atoms with Gasteiger partial charge in [-0.3, -0.25) is 14.6 Å². The smallest absolute Gasteiger partial charge is 0.195 e. The van der Waals surface area contributed by atoms with Crippen LogP contribution in [0.25, 0.3) is 0 Å². The minimum atomic E-state index is 0.347. The molecule has 0 radical (unpaired) electrons. The molecule has 2 rings (SSSR count). The largest absolute Gasteiger partial charge is 0.299 e. The van der Waals surface area contributed by atoms with E-state index in [1.54, 1.807) is 6.20 Å². The molecule has 0 spiro atoms. The molecule has 2 aromatic heterocycles. The van der Waals surface area contributed by atoms with Gasteiger partial charge >= 0.3 is 0 Å². The van der Waals surface area contributed by atoms with Gasteiger partial charge in [0.2, 0.25) is 0 Å². The zero-order valence-corrected chi connectivity index (χ0v) is 11.1. The van der Waals surface area contributed by atoms with E-state index in [0.717, 1.165) is 12.4 Å². The van der Waals surface area contributed by atoms with E-state index in [0.29, 0.717) is 10.7 Å². The lowest BCUT2D eigenvalue weighted by Gasteiger charge is -2.10. The highest BCUT2D eigenvalue weighted by atomic mass is 32.1. The van der Waals surface area contributed by atoms with Gasteiger partial charge in [0, 0.05) is 18.3 Å². The Hall–Kier alpha value is -1.49.